The molecule has 7 nitrogen and oxygen atoms in total. The number of carbonyl (C=O) groups is 1. The van der Waals surface area contributed by atoms with Gasteiger partial charge in [-0.1, -0.05) is 28.5 Å². The highest BCUT2D eigenvalue weighted by atomic mass is 32.1. The van der Waals surface area contributed by atoms with Crippen molar-refractivity contribution in [2.75, 3.05) is 0 Å². The molecule has 3 heterocycles. The Morgan fingerprint density at radius 3 is 2.88 bits per heavy atom. The summed E-state index contributed by atoms with van der Waals surface area (Å²) in [6, 6.07) is 11.4. The topological polar surface area (TPSA) is 94.1 Å². The van der Waals surface area contributed by atoms with E-state index in [0.717, 1.165) is 10.1 Å². The first-order valence-corrected chi connectivity index (χ1v) is 8.04. The Kier molecular flexibility index (Phi) is 3.58. The van der Waals surface area contributed by atoms with Crippen molar-refractivity contribution < 1.29 is 13.8 Å². The minimum Gasteiger partial charge on any atom is -0.361 e. The first kappa shape index (κ1) is 14.6. The van der Waals surface area contributed by atoms with Gasteiger partial charge in [0.25, 0.3) is 5.91 Å². The molecule has 3 aromatic heterocycles. The molecular weight excluding hydrogens is 328 g/mol. The molecule has 0 spiro atoms. The summed E-state index contributed by atoms with van der Waals surface area (Å²) >= 11 is 1.44. The van der Waals surface area contributed by atoms with E-state index >= 15 is 0 Å². The molecule has 0 atom stereocenters. The molecule has 4 rings (SSSR count). The fourth-order valence-electron chi connectivity index (χ4n) is 2.24. The minimum atomic E-state index is -0.173. The van der Waals surface area contributed by atoms with Crippen molar-refractivity contribution in [3.8, 4) is 11.5 Å². The van der Waals surface area contributed by atoms with Crippen LogP contribution in [0.5, 0.6) is 0 Å². The van der Waals surface area contributed by atoms with E-state index in [1.807, 2.05) is 30.3 Å². The van der Waals surface area contributed by atoms with Crippen molar-refractivity contribution in [1.82, 2.24) is 20.6 Å². The minimum absolute atomic E-state index is 0.150. The average molecular weight is 340 g/mol. The van der Waals surface area contributed by atoms with Gasteiger partial charge in [-0.2, -0.15) is 4.98 Å². The van der Waals surface area contributed by atoms with Crippen molar-refractivity contribution in [2.24, 2.45) is 0 Å². The van der Waals surface area contributed by atoms with E-state index in [9.17, 15) is 4.79 Å². The summed E-state index contributed by atoms with van der Waals surface area (Å²) in [5, 5.41) is 11.5. The van der Waals surface area contributed by atoms with E-state index in [1.165, 1.54) is 11.3 Å². The van der Waals surface area contributed by atoms with Gasteiger partial charge in [-0.25, -0.2) is 0 Å². The van der Waals surface area contributed by atoms with Gasteiger partial charge in [0.15, 0.2) is 5.69 Å². The molecule has 1 amide bonds. The highest BCUT2D eigenvalue weighted by Crippen LogP contribution is 2.25. The summed E-state index contributed by atoms with van der Waals surface area (Å²) in [6.45, 7) is 1.93. The normalized spacial score (nSPS) is 11.0. The molecule has 0 radical (unpaired) electrons. The molecule has 8 heteroatoms. The Labute approximate surface area is 140 Å². The average Bonchev–Trinajstić information content (AvgIpc) is 3.31. The Morgan fingerprint density at radius 1 is 1.21 bits per heavy atom. The third-order valence-corrected chi connectivity index (χ3v) is 4.49. The molecule has 1 N–H and O–H groups in total. The SMILES string of the molecule is Cc1cc(-c2noc(CNC(=O)c3cc4ccccc4s3)n2)no1. The van der Waals surface area contributed by atoms with Gasteiger partial charge in [-0.05, 0) is 24.4 Å². The largest absolute Gasteiger partial charge is 0.361 e. The van der Waals surface area contributed by atoms with Crippen LogP contribution >= 0.6 is 11.3 Å². The molecular formula is C16H12N4O3S. The number of hydrogen-bond acceptors (Lipinski definition) is 7. The third-order valence-electron chi connectivity index (χ3n) is 3.37. The monoisotopic (exact) mass is 340 g/mol. The molecule has 0 aliphatic rings. The maximum Gasteiger partial charge on any atom is 0.261 e. The van der Waals surface area contributed by atoms with Crippen LogP contribution < -0.4 is 5.32 Å². The molecule has 24 heavy (non-hydrogen) atoms. The van der Waals surface area contributed by atoms with E-state index in [0.29, 0.717) is 28.0 Å². The van der Waals surface area contributed by atoms with Crippen molar-refractivity contribution in [2.45, 2.75) is 13.5 Å². The second-order valence-electron chi connectivity index (χ2n) is 5.17. The lowest BCUT2D eigenvalue weighted by atomic mass is 10.2. The van der Waals surface area contributed by atoms with Crippen LogP contribution in [0.4, 0.5) is 0 Å². The van der Waals surface area contributed by atoms with Crippen LogP contribution in [0.2, 0.25) is 0 Å². The molecule has 0 fully saturated rings. The van der Waals surface area contributed by atoms with Gasteiger partial charge < -0.3 is 14.4 Å². The van der Waals surface area contributed by atoms with E-state index in [1.54, 1.807) is 13.0 Å². The van der Waals surface area contributed by atoms with E-state index in [2.05, 4.69) is 20.6 Å². The first-order chi connectivity index (χ1) is 11.7. The highest BCUT2D eigenvalue weighted by molar-refractivity contribution is 7.20. The lowest BCUT2D eigenvalue weighted by molar-refractivity contribution is 0.0950. The van der Waals surface area contributed by atoms with Crippen LogP contribution in [0.1, 0.15) is 21.3 Å². The smallest absolute Gasteiger partial charge is 0.261 e. The summed E-state index contributed by atoms with van der Waals surface area (Å²) in [5.74, 6) is 1.13. The fraction of sp³-hybridized carbons (Fsp3) is 0.125. The maximum absolute atomic E-state index is 12.2. The molecule has 4 aromatic rings. The highest BCUT2D eigenvalue weighted by Gasteiger charge is 2.14. The molecule has 0 saturated heterocycles. The molecule has 0 saturated carbocycles. The fourth-order valence-corrected chi connectivity index (χ4v) is 3.22. The summed E-state index contributed by atoms with van der Waals surface area (Å²) in [6.07, 6.45) is 0. The van der Waals surface area contributed by atoms with Gasteiger partial charge in [-0.15, -0.1) is 11.3 Å². The van der Waals surface area contributed by atoms with Crippen LogP contribution in [0, 0.1) is 6.92 Å². The number of hydrogen-bond donors (Lipinski definition) is 1. The van der Waals surface area contributed by atoms with Gasteiger partial charge in [0.2, 0.25) is 11.7 Å². The predicted octanol–water partition coefficient (Wildman–Crippen LogP) is 3.18. The second-order valence-corrected chi connectivity index (χ2v) is 6.25. The number of aryl methyl sites for hydroxylation is 1. The number of benzene rings is 1. The van der Waals surface area contributed by atoms with Crippen molar-refractivity contribution in [3.63, 3.8) is 0 Å². The first-order valence-electron chi connectivity index (χ1n) is 7.22. The van der Waals surface area contributed by atoms with Crippen LogP contribution in [0.3, 0.4) is 0 Å². The third kappa shape index (κ3) is 2.79. The number of aromatic nitrogens is 3. The zero-order chi connectivity index (χ0) is 16.5. The summed E-state index contributed by atoms with van der Waals surface area (Å²) in [4.78, 5) is 17.1. The second kappa shape index (κ2) is 5.89. The summed E-state index contributed by atoms with van der Waals surface area (Å²) in [7, 11) is 0. The van der Waals surface area contributed by atoms with Gasteiger partial charge in [-0.3, -0.25) is 4.79 Å². The molecule has 0 unspecified atom stereocenters. The van der Waals surface area contributed by atoms with Crippen molar-refractivity contribution in [3.05, 3.63) is 52.9 Å². The van der Waals surface area contributed by atoms with Crippen molar-refractivity contribution in [1.29, 1.82) is 0 Å². The number of thiophene rings is 1. The van der Waals surface area contributed by atoms with E-state index in [4.69, 9.17) is 9.05 Å². The number of amides is 1. The lowest BCUT2D eigenvalue weighted by Crippen LogP contribution is -2.21. The number of fused-ring (bicyclic) bond motifs is 1. The standard InChI is InChI=1S/C16H12N4O3S/c1-9-6-11(19-22-9)15-18-14(23-20-15)8-17-16(21)13-7-10-4-2-3-5-12(10)24-13/h2-7H,8H2,1H3,(H,17,21). The van der Waals surface area contributed by atoms with Crippen LogP contribution in [0.15, 0.2) is 45.4 Å². The number of nitrogens with one attached hydrogen (secondary N) is 1. The Morgan fingerprint density at radius 2 is 2.08 bits per heavy atom. The Bertz CT molecular complexity index is 984. The summed E-state index contributed by atoms with van der Waals surface area (Å²) in [5.41, 5.74) is 0.498. The van der Waals surface area contributed by atoms with Gasteiger partial charge in [0.05, 0.1) is 11.4 Å². The zero-order valence-electron chi connectivity index (χ0n) is 12.6. The van der Waals surface area contributed by atoms with E-state index < -0.39 is 0 Å². The molecule has 0 aliphatic carbocycles. The molecule has 0 bridgehead atoms. The van der Waals surface area contributed by atoms with Crippen LogP contribution in [-0.4, -0.2) is 21.2 Å². The van der Waals surface area contributed by atoms with Crippen molar-refractivity contribution >= 4 is 27.3 Å². The predicted molar refractivity (Wildman–Crippen MR) is 87.5 cm³/mol. The quantitative estimate of drug-likeness (QED) is 0.613. The zero-order valence-corrected chi connectivity index (χ0v) is 13.5. The van der Waals surface area contributed by atoms with Crippen LogP contribution in [0.25, 0.3) is 21.6 Å². The number of carbonyl (C=O) groups excluding carboxylic acids is 1. The van der Waals surface area contributed by atoms with Crippen LogP contribution in [-0.2, 0) is 6.54 Å². The molecule has 1 aromatic carbocycles. The van der Waals surface area contributed by atoms with Gasteiger partial charge >= 0.3 is 0 Å². The van der Waals surface area contributed by atoms with E-state index in [-0.39, 0.29) is 12.5 Å². The number of rotatable bonds is 4. The Hall–Kier alpha value is -3.00. The lowest BCUT2D eigenvalue weighted by Gasteiger charge is -1.98. The molecule has 120 valence electrons. The molecule has 0 aliphatic heterocycles. The maximum atomic E-state index is 12.2. The summed E-state index contributed by atoms with van der Waals surface area (Å²) < 4.78 is 11.2. The Balaban J connectivity index is 1.44. The van der Waals surface area contributed by atoms with Gasteiger partial charge in [0, 0.05) is 10.8 Å². The van der Waals surface area contributed by atoms with Gasteiger partial charge in [0.1, 0.15) is 5.76 Å². The number of nitrogens with zero attached hydrogens (tertiary/aromatic N) is 3.